The zero-order valence-corrected chi connectivity index (χ0v) is 16.6. The number of hydrogen-bond acceptors (Lipinski definition) is 9. The highest BCUT2D eigenvalue weighted by atomic mass is 19.1. The van der Waals surface area contributed by atoms with Gasteiger partial charge in [-0.3, -0.25) is 19.8 Å². The molecule has 4 heterocycles. The number of non-ortho nitro benzene ring substituents is 1. The van der Waals surface area contributed by atoms with Gasteiger partial charge in [0.25, 0.3) is 0 Å². The number of nitro groups is 1. The second-order valence-electron chi connectivity index (χ2n) is 7.40. The number of rotatable bonds is 4. The molecule has 11 heteroatoms. The van der Waals surface area contributed by atoms with Crippen LogP contribution < -0.4 is 5.43 Å². The lowest BCUT2D eigenvalue weighted by Gasteiger charge is -2.27. The van der Waals surface area contributed by atoms with Crippen LogP contribution in [0.25, 0.3) is 22.4 Å². The smallest absolute Gasteiger partial charge is 0.315 e. The third kappa shape index (κ3) is 3.58. The molecule has 32 heavy (non-hydrogen) atoms. The number of fused-ring (bicyclic) bond motifs is 2. The number of hydrogen-bond donors (Lipinski definition) is 0. The van der Waals surface area contributed by atoms with Crippen molar-refractivity contribution in [1.82, 2.24) is 24.8 Å². The Balaban J connectivity index is 1.41. The van der Waals surface area contributed by atoms with Gasteiger partial charge in [-0.1, -0.05) is 0 Å². The van der Waals surface area contributed by atoms with E-state index in [0.29, 0.717) is 30.9 Å². The van der Waals surface area contributed by atoms with Crippen LogP contribution in [-0.4, -0.2) is 36.3 Å². The Morgan fingerprint density at radius 3 is 2.81 bits per heavy atom. The van der Waals surface area contributed by atoms with Gasteiger partial charge in [-0.15, -0.1) is 0 Å². The Kier molecular flexibility index (Phi) is 4.86. The SMILES string of the molecule is O=c1c(CN2CCc3nc(-c4cncnc4)ncc3C2)coc2c([N+](=O)[O-])cc(F)cc12. The molecule has 0 saturated carbocycles. The summed E-state index contributed by atoms with van der Waals surface area (Å²) in [6.45, 7) is 1.40. The average molecular weight is 434 g/mol. The minimum atomic E-state index is -0.864. The molecule has 0 radical (unpaired) electrons. The second kappa shape index (κ2) is 7.85. The molecule has 0 amide bonds. The van der Waals surface area contributed by atoms with E-state index in [1.807, 2.05) is 4.90 Å². The number of nitrogens with zero attached hydrogens (tertiary/aromatic N) is 6. The quantitative estimate of drug-likeness (QED) is 0.352. The predicted molar refractivity (Wildman–Crippen MR) is 110 cm³/mol. The van der Waals surface area contributed by atoms with Crippen LogP contribution >= 0.6 is 0 Å². The van der Waals surface area contributed by atoms with Crippen molar-refractivity contribution >= 4 is 16.7 Å². The van der Waals surface area contributed by atoms with E-state index in [-0.39, 0.29) is 17.5 Å². The van der Waals surface area contributed by atoms with E-state index in [2.05, 4.69) is 19.9 Å². The van der Waals surface area contributed by atoms with E-state index < -0.39 is 21.9 Å². The van der Waals surface area contributed by atoms with Crippen molar-refractivity contribution < 1.29 is 13.7 Å². The molecule has 1 aliphatic heterocycles. The van der Waals surface area contributed by atoms with E-state index >= 15 is 0 Å². The molecule has 0 aliphatic carbocycles. The van der Waals surface area contributed by atoms with Crippen molar-refractivity contribution in [3.8, 4) is 11.4 Å². The first-order valence-corrected chi connectivity index (χ1v) is 9.70. The maximum Gasteiger partial charge on any atom is 0.315 e. The third-order valence-corrected chi connectivity index (χ3v) is 5.31. The summed E-state index contributed by atoms with van der Waals surface area (Å²) in [4.78, 5) is 42.2. The molecule has 0 saturated heterocycles. The Bertz CT molecular complexity index is 1410. The third-order valence-electron chi connectivity index (χ3n) is 5.31. The summed E-state index contributed by atoms with van der Waals surface area (Å²) in [5, 5.41) is 11.0. The van der Waals surface area contributed by atoms with E-state index in [9.17, 15) is 19.3 Å². The number of halogens is 1. The normalized spacial score (nSPS) is 13.8. The van der Waals surface area contributed by atoms with Gasteiger partial charge in [0.1, 0.15) is 12.1 Å². The van der Waals surface area contributed by atoms with Gasteiger partial charge in [0.05, 0.1) is 33.9 Å². The van der Waals surface area contributed by atoms with E-state index in [4.69, 9.17) is 4.42 Å². The monoisotopic (exact) mass is 434 g/mol. The summed E-state index contributed by atoms with van der Waals surface area (Å²) in [5.41, 5.74) is 1.57. The van der Waals surface area contributed by atoms with Crippen LogP contribution in [0.4, 0.5) is 10.1 Å². The molecule has 0 atom stereocenters. The van der Waals surface area contributed by atoms with Crippen LogP contribution in [0, 0.1) is 15.9 Å². The summed E-state index contributed by atoms with van der Waals surface area (Å²) in [6, 6.07) is 1.70. The lowest BCUT2D eigenvalue weighted by Crippen LogP contribution is -2.32. The maximum atomic E-state index is 13.8. The molecule has 0 unspecified atom stereocenters. The summed E-state index contributed by atoms with van der Waals surface area (Å²) < 4.78 is 19.2. The second-order valence-corrected chi connectivity index (χ2v) is 7.40. The minimum Gasteiger partial charge on any atom is -0.456 e. The molecule has 10 nitrogen and oxygen atoms in total. The first-order valence-electron chi connectivity index (χ1n) is 9.70. The molecule has 5 rings (SSSR count). The highest BCUT2D eigenvalue weighted by molar-refractivity contribution is 5.85. The molecule has 0 bridgehead atoms. The Labute approximate surface area is 179 Å². The number of benzene rings is 1. The highest BCUT2D eigenvalue weighted by Gasteiger charge is 2.23. The van der Waals surface area contributed by atoms with Gasteiger partial charge in [0.2, 0.25) is 5.58 Å². The van der Waals surface area contributed by atoms with Crippen molar-refractivity contribution in [3.63, 3.8) is 0 Å². The van der Waals surface area contributed by atoms with Crippen LogP contribution in [0.3, 0.4) is 0 Å². The lowest BCUT2D eigenvalue weighted by molar-refractivity contribution is -0.383. The van der Waals surface area contributed by atoms with Crippen LogP contribution in [0.15, 0.2) is 52.5 Å². The van der Waals surface area contributed by atoms with Gasteiger partial charge >= 0.3 is 5.69 Å². The van der Waals surface area contributed by atoms with Crippen molar-refractivity contribution in [2.45, 2.75) is 19.5 Å². The first-order chi connectivity index (χ1) is 15.5. The van der Waals surface area contributed by atoms with Crippen molar-refractivity contribution in [3.05, 3.63) is 86.3 Å². The molecule has 3 aromatic heterocycles. The summed E-state index contributed by atoms with van der Waals surface area (Å²) in [5.74, 6) is -0.311. The largest absolute Gasteiger partial charge is 0.456 e. The highest BCUT2D eigenvalue weighted by Crippen LogP contribution is 2.26. The molecule has 1 aromatic carbocycles. The summed E-state index contributed by atoms with van der Waals surface area (Å²) >= 11 is 0. The average Bonchev–Trinajstić information content (AvgIpc) is 2.81. The van der Waals surface area contributed by atoms with Gasteiger partial charge in [0.15, 0.2) is 11.3 Å². The van der Waals surface area contributed by atoms with Crippen LogP contribution in [-0.2, 0) is 19.5 Å². The van der Waals surface area contributed by atoms with Crippen LogP contribution in [0.1, 0.15) is 16.8 Å². The zero-order chi connectivity index (χ0) is 22.2. The molecule has 4 aromatic rings. The topological polar surface area (TPSA) is 128 Å². The molecular weight excluding hydrogens is 419 g/mol. The van der Waals surface area contributed by atoms with Gasteiger partial charge in [-0.2, -0.15) is 0 Å². The molecule has 0 fully saturated rings. The fraction of sp³-hybridized carbons (Fsp3) is 0.190. The summed E-state index contributed by atoms with van der Waals surface area (Å²) in [6.07, 6.45) is 8.35. The van der Waals surface area contributed by atoms with E-state index in [1.54, 1.807) is 18.6 Å². The van der Waals surface area contributed by atoms with Crippen LogP contribution in [0.5, 0.6) is 0 Å². The maximum absolute atomic E-state index is 13.8. The molecule has 1 aliphatic rings. The lowest BCUT2D eigenvalue weighted by atomic mass is 10.1. The van der Waals surface area contributed by atoms with Crippen molar-refractivity contribution in [2.24, 2.45) is 0 Å². The minimum absolute atomic E-state index is 0.148. The Morgan fingerprint density at radius 2 is 2.03 bits per heavy atom. The van der Waals surface area contributed by atoms with Gasteiger partial charge in [-0.05, 0) is 6.07 Å². The molecular formula is C21H15FN6O4. The Hall–Kier alpha value is -4.12. The van der Waals surface area contributed by atoms with Gasteiger partial charge in [0, 0.05) is 55.8 Å². The standard InChI is InChI=1S/C21H15FN6O4/c22-15-3-16-19(29)14(10-32-20(16)18(4-15)28(30)31)9-27-2-1-17-13(8-27)7-25-21(26-17)12-5-23-11-24-6-12/h3-7,10-11H,1-2,8-9H2. The van der Waals surface area contributed by atoms with Crippen molar-refractivity contribution in [1.29, 1.82) is 0 Å². The van der Waals surface area contributed by atoms with E-state index in [0.717, 1.165) is 29.0 Å². The van der Waals surface area contributed by atoms with Crippen LogP contribution in [0.2, 0.25) is 0 Å². The first kappa shape index (κ1) is 19.8. The van der Waals surface area contributed by atoms with Gasteiger partial charge < -0.3 is 4.42 Å². The fourth-order valence-corrected chi connectivity index (χ4v) is 3.78. The van der Waals surface area contributed by atoms with E-state index in [1.165, 1.54) is 12.6 Å². The predicted octanol–water partition coefficient (Wildman–Crippen LogP) is 2.65. The molecule has 0 N–H and O–H groups in total. The number of nitro benzene ring substituents is 1. The summed E-state index contributed by atoms with van der Waals surface area (Å²) in [7, 11) is 0. The Morgan fingerprint density at radius 1 is 1.22 bits per heavy atom. The molecule has 0 spiro atoms. The zero-order valence-electron chi connectivity index (χ0n) is 16.6. The number of aromatic nitrogens is 4. The molecule has 160 valence electrons. The van der Waals surface area contributed by atoms with Gasteiger partial charge in [-0.25, -0.2) is 24.3 Å². The fourth-order valence-electron chi connectivity index (χ4n) is 3.78. The van der Waals surface area contributed by atoms with Crippen molar-refractivity contribution in [2.75, 3.05) is 6.54 Å².